The normalized spacial score (nSPS) is 10.0. The molecule has 0 saturated heterocycles. The second-order valence-corrected chi connectivity index (χ2v) is 3.50. The number of halogens is 2. The van der Waals surface area contributed by atoms with Crippen LogP contribution in [0.2, 0.25) is 0 Å². The Hall–Kier alpha value is -0.740. The maximum Gasteiger partial charge on any atom is 0.181 e. The summed E-state index contributed by atoms with van der Waals surface area (Å²) in [5.41, 5.74) is 0.0156. The highest BCUT2D eigenvalue weighted by atomic mass is 79.9. The van der Waals surface area contributed by atoms with E-state index in [1.807, 2.05) is 0 Å². The van der Waals surface area contributed by atoms with Crippen LogP contribution in [0.3, 0.4) is 0 Å². The highest BCUT2D eigenvalue weighted by Gasteiger charge is 2.13. The minimum Gasteiger partial charge on any atom is -0.508 e. The van der Waals surface area contributed by atoms with Gasteiger partial charge in [-0.05, 0) is 28.1 Å². The third-order valence-electron chi connectivity index (χ3n) is 1.47. The standard InChI is InChI=1S/C8H6BrClO3/c9-6-2-4(11)1-5(8(6)13)7(12)3-10/h1-2,11,13H,3H2. The van der Waals surface area contributed by atoms with Crippen molar-refractivity contribution >= 4 is 33.3 Å². The smallest absolute Gasteiger partial charge is 0.181 e. The predicted octanol–water partition coefficient (Wildman–Crippen LogP) is 2.28. The molecule has 0 bridgehead atoms. The highest BCUT2D eigenvalue weighted by Crippen LogP contribution is 2.32. The Morgan fingerprint density at radius 1 is 1.46 bits per heavy atom. The lowest BCUT2D eigenvalue weighted by molar-refractivity contribution is 0.101. The fourth-order valence-electron chi connectivity index (χ4n) is 0.869. The molecule has 0 fully saturated rings. The number of rotatable bonds is 2. The zero-order valence-electron chi connectivity index (χ0n) is 6.42. The molecule has 70 valence electrons. The van der Waals surface area contributed by atoms with Crippen molar-refractivity contribution in [2.75, 3.05) is 5.88 Å². The van der Waals surface area contributed by atoms with Crippen molar-refractivity contribution in [2.45, 2.75) is 0 Å². The first-order valence-electron chi connectivity index (χ1n) is 3.37. The molecule has 0 saturated carbocycles. The molecular formula is C8H6BrClO3. The molecule has 0 spiro atoms. The molecule has 1 aromatic carbocycles. The van der Waals surface area contributed by atoms with Gasteiger partial charge in [0.2, 0.25) is 0 Å². The van der Waals surface area contributed by atoms with Crippen molar-refractivity contribution in [1.82, 2.24) is 0 Å². The number of ketones is 1. The summed E-state index contributed by atoms with van der Waals surface area (Å²) >= 11 is 8.29. The van der Waals surface area contributed by atoms with Crippen LogP contribution in [-0.2, 0) is 0 Å². The molecule has 0 atom stereocenters. The van der Waals surface area contributed by atoms with Gasteiger partial charge in [-0.3, -0.25) is 4.79 Å². The fraction of sp³-hybridized carbons (Fsp3) is 0.125. The molecule has 2 N–H and O–H groups in total. The maximum atomic E-state index is 11.1. The zero-order valence-corrected chi connectivity index (χ0v) is 8.76. The average Bonchev–Trinajstić information content (AvgIpc) is 2.10. The number of Topliss-reactive ketones (excluding diaryl/α,β-unsaturated/α-hetero) is 1. The molecule has 3 nitrogen and oxygen atoms in total. The van der Waals surface area contributed by atoms with Crippen LogP contribution in [0.1, 0.15) is 10.4 Å². The van der Waals surface area contributed by atoms with Crippen LogP contribution in [0.15, 0.2) is 16.6 Å². The zero-order chi connectivity index (χ0) is 10.0. The summed E-state index contributed by atoms with van der Waals surface area (Å²) in [7, 11) is 0. The lowest BCUT2D eigenvalue weighted by Crippen LogP contribution is -2.00. The van der Waals surface area contributed by atoms with Gasteiger partial charge in [-0.15, -0.1) is 11.6 Å². The van der Waals surface area contributed by atoms with Gasteiger partial charge in [0.05, 0.1) is 15.9 Å². The molecule has 0 radical (unpaired) electrons. The summed E-state index contributed by atoms with van der Waals surface area (Å²) in [5, 5.41) is 18.5. The molecule has 0 aliphatic carbocycles. The summed E-state index contributed by atoms with van der Waals surface area (Å²) < 4.78 is 0.265. The van der Waals surface area contributed by atoms with Crippen LogP contribution >= 0.6 is 27.5 Å². The van der Waals surface area contributed by atoms with Crippen molar-refractivity contribution in [3.05, 3.63) is 22.2 Å². The van der Waals surface area contributed by atoms with E-state index >= 15 is 0 Å². The number of phenolic OH excluding ortho intramolecular Hbond substituents is 2. The lowest BCUT2D eigenvalue weighted by atomic mass is 10.1. The van der Waals surface area contributed by atoms with E-state index in [0.717, 1.165) is 0 Å². The second kappa shape index (κ2) is 3.98. The van der Waals surface area contributed by atoms with E-state index in [-0.39, 0.29) is 27.4 Å². The first-order chi connectivity index (χ1) is 6.06. The Balaban J connectivity index is 3.28. The number of benzene rings is 1. The molecule has 0 unspecified atom stereocenters. The molecule has 1 aromatic rings. The molecule has 1 rings (SSSR count). The van der Waals surface area contributed by atoms with Crippen LogP contribution in [0.25, 0.3) is 0 Å². The third-order valence-corrected chi connectivity index (χ3v) is 2.32. The van der Waals surface area contributed by atoms with E-state index in [4.69, 9.17) is 16.7 Å². The Bertz CT molecular complexity index is 351. The summed E-state index contributed by atoms with van der Waals surface area (Å²) in [6.45, 7) is 0. The van der Waals surface area contributed by atoms with E-state index in [1.54, 1.807) is 0 Å². The molecule has 13 heavy (non-hydrogen) atoms. The first-order valence-corrected chi connectivity index (χ1v) is 4.69. The predicted molar refractivity (Wildman–Crippen MR) is 52.5 cm³/mol. The van der Waals surface area contributed by atoms with Gasteiger partial charge in [-0.2, -0.15) is 0 Å². The number of carbonyl (C=O) groups is 1. The van der Waals surface area contributed by atoms with Crippen molar-refractivity contribution < 1.29 is 15.0 Å². The summed E-state index contributed by atoms with van der Waals surface area (Å²) in [5.74, 6) is -0.971. The van der Waals surface area contributed by atoms with Gasteiger partial charge in [-0.1, -0.05) is 0 Å². The Kier molecular flexibility index (Phi) is 3.17. The van der Waals surface area contributed by atoms with E-state index < -0.39 is 5.78 Å². The van der Waals surface area contributed by atoms with Crippen molar-refractivity contribution in [3.63, 3.8) is 0 Å². The fourth-order valence-corrected chi connectivity index (χ4v) is 1.46. The van der Waals surface area contributed by atoms with Gasteiger partial charge in [-0.25, -0.2) is 0 Å². The first kappa shape index (κ1) is 10.3. The molecule has 0 amide bonds. The Labute approximate surface area is 88.1 Å². The van der Waals surface area contributed by atoms with E-state index in [2.05, 4.69) is 15.9 Å². The van der Waals surface area contributed by atoms with Gasteiger partial charge >= 0.3 is 0 Å². The van der Waals surface area contributed by atoms with Gasteiger partial charge in [0, 0.05) is 0 Å². The number of aromatic hydroxyl groups is 2. The Morgan fingerprint density at radius 3 is 2.62 bits per heavy atom. The lowest BCUT2D eigenvalue weighted by Gasteiger charge is -2.04. The number of hydrogen-bond donors (Lipinski definition) is 2. The van der Waals surface area contributed by atoms with Gasteiger partial charge in [0.25, 0.3) is 0 Å². The van der Waals surface area contributed by atoms with Crippen molar-refractivity contribution in [1.29, 1.82) is 0 Å². The Morgan fingerprint density at radius 2 is 2.08 bits per heavy atom. The molecule has 0 aliphatic rings. The topological polar surface area (TPSA) is 57.5 Å². The van der Waals surface area contributed by atoms with Crippen LogP contribution in [0.4, 0.5) is 0 Å². The van der Waals surface area contributed by atoms with E-state index in [1.165, 1.54) is 12.1 Å². The van der Waals surface area contributed by atoms with Gasteiger partial charge < -0.3 is 10.2 Å². The number of hydrogen-bond acceptors (Lipinski definition) is 3. The minimum absolute atomic E-state index is 0.0156. The SMILES string of the molecule is O=C(CCl)c1cc(O)cc(Br)c1O. The summed E-state index contributed by atoms with van der Waals surface area (Å²) in [6, 6.07) is 2.46. The maximum absolute atomic E-state index is 11.1. The number of phenols is 2. The quantitative estimate of drug-likeness (QED) is 0.490. The molecule has 0 heterocycles. The molecule has 5 heteroatoms. The second-order valence-electron chi connectivity index (χ2n) is 2.38. The molecule has 0 aromatic heterocycles. The third kappa shape index (κ3) is 2.14. The van der Waals surface area contributed by atoms with E-state index in [9.17, 15) is 9.90 Å². The van der Waals surface area contributed by atoms with E-state index in [0.29, 0.717) is 0 Å². The van der Waals surface area contributed by atoms with Crippen LogP contribution < -0.4 is 0 Å². The number of carbonyl (C=O) groups excluding carboxylic acids is 1. The largest absolute Gasteiger partial charge is 0.508 e. The highest BCUT2D eigenvalue weighted by molar-refractivity contribution is 9.10. The summed E-state index contributed by atoms with van der Waals surface area (Å²) in [4.78, 5) is 11.1. The number of alkyl halides is 1. The van der Waals surface area contributed by atoms with Crippen molar-refractivity contribution in [2.24, 2.45) is 0 Å². The summed E-state index contributed by atoms with van der Waals surface area (Å²) in [6.07, 6.45) is 0. The minimum atomic E-state index is -0.434. The van der Waals surface area contributed by atoms with Crippen LogP contribution in [-0.4, -0.2) is 21.9 Å². The average molecular weight is 265 g/mol. The van der Waals surface area contributed by atoms with Crippen LogP contribution in [0.5, 0.6) is 11.5 Å². The monoisotopic (exact) mass is 264 g/mol. The van der Waals surface area contributed by atoms with Gasteiger partial charge in [0.15, 0.2) is 5.78 Å². The molecular weight excluding hydrogens is 259 g/mol. The van der Waals surface area contributed by atoms with Crippen LogP contribution in [0, 0.1) is 0 Å². The molecule has 0 aliphatic heterocycles. The van der Waals surface area contributed by atoms with Crippen molar-refractivity contribution in [3.8, 4) is 11.5 Å². The van der Waals surface area contributed by atoms with Gasteiger partial charge in [0.1, 0.15) is 11.5 Å².